The maximum absolute atomic E-state index is 12.0. The Morgan fingerprint density at radius 2 is 2.26 bits per heavy atom. The molecule has 0 radical (unpaired) electrons. The van der Waals surface area contributed by atoms with E-state index < -0.39 is 4.92 Å². The maximum atomic E-state index is 12.0. The van der Waals surface area contributed by atoms with Crippen molar-refractivity contribution in [2.75, 3.05) is 17.2 Å². The number of hydrogen-bond donors (Lipinski definition) is 1. The van der Waals surface area contributed by atoms with Crippen LogP contribution in [0.1, 0.15) is 6.42 Å². The average Bonchev–Trinajstić information content (AvgIpc) is 2.69. The summed E-state index contributed by atoms with van der Waals surface area (Å²) in [5.74, 6) is 0.492. The van der Waals surface area contributed by atoms with Crippen LogP contribution < -0.4 is 4.90 Å². The number of anilines is 1. The van der Waals surface area contributed by atoms with Gasteiger partial charge in [-0.25, -0.2) is 0 Å². The molecule has 1 aromatic rings. The lowest BCUT2D eigenvalue weighted by molar-refractivity contribution is -0.384. The smallest absolute Gasteiger partial charge is 0.295 e. The summed E-state index contributed by atoms with van der Waals surface area (Å²) in [5.41, 5.74) is -0.00307. The second kappa shape index (κ2) is 5.68. The fourth-order valence-corrected chi connectivity index (χ4v) is 3.22. The second-order valence-electron chi connectivity index (χ2n) is 4.27. The fourth-order valence-electron chi connectivity index (χ4n) is 2.08. The van der Waals surface area contributed by atoms with Crippen molar-refractivity contribution in [2.24, 2.45) is 5.92 Å². The van der Waals surface area contributed by atoms with E-state index in [0.717, 1.165) is 0 Å². The SMILES string of the molecule is O=C1CC(CS)CN1c1c(Cl)cc(Br)cc1[N+](=O)[O-]. The number of rotatable bonds is 3. The molecule has 1 aliphatic heterocycles. The van der Waals surface area contributed by atoms with Crippen molar-refractivity contribution in [1.82, 2.24) is 0 Å². The van der Waals surface area contributed by atoms with Crippen molar-refractivity contribution in [2.45, 2.75) is 6.42 Å². The van der Waals surface area contributed by atoms with Crippen LogP contribution in [0.2, 0.25) is 5.02 Å². The van der Waals surface area contributed by atoms with Crippen LogP contribution in [-0.4, -0.2) is 23.1 Å². The highest BCUT2D eigenvalue weighted by Crippen LogP contribution is 2.41. The second-order valence-corrected chi connectivity index (χ2v) is 5.96. The summed E-state index contributed by atoms with van der Waals surface area (Å²) in [6.07, 6.45) is 0.340. The number of carbonyl (C=O) groups is 1. The molecule has 2 rings (SSSR count). The first-order chi connectivity index (χ1) is 8.93. The molecule has 1 fully saturated rings. The zero-order valence-corrected chi connectivity index (χ0v) is 12.9. The summed E-state index contributed by atoms with van der Waals surface area (Å²) in [6, 6.07) is 2.90. The monoisotopic (exact) mass is 364 g/mol. The molecule has 1 aliphatic rings. The lowest BCUT2D eigenvalue weighted by Gasteiger charge is -2.18. The lowest BCUT2D eigenvalue weighted by atomic mass is 10.1. The number of hydrogen-bond acceptors (Lipinski definition) is 4. The van der Waals surface area contributed by atoms with Crippen LogP contribution in [0.4, 0.5) is 11.4 Å². The van der Waals surface area contributed by atoms with Gasteiger partial charge in [-0.05, 0) is 17.7 Å². The maximum Gasteiger partial charge on any atom is 0.295 e. The van der Waals surface area contributed by atoms with Gasteiger partial charge in [-0.15, -0.1) is 0 Å². The van der Waals surface area contributed by atoms with Crippen LogP contribution in [0.15, 0.2) is 16.6 Å². The van der Waals surface area contributed by atoms with Crippen molar-refractivity contribution < 1.29 is 9.72 Å². The van der Waals surface area contributed by atoms with Crippen molar-refractivity contribution in [1.29, 1.82) is 0 Å². The van der Waals surface area contributed by atoms with Crippen molar-refractivity contribution >= 4 is 57.4 Å². The quantitative estimate of drug-likeness (QED) is 0.508. The standard InChI is InChI=1S/C11H10BrClN2O3S/c12-7-2-8(13)11(9(3-7)15(17)18)14-4-6(5-19)1-10(14)16/h2-3,6,19H,1,4-5H2. The first-order valence-corrected chi connectivity index (χ1v) is 7.29. The number of amides is 1. The summed E-state index contributed by atoms with van der Waals surface area (Å²) < 4.78 is 0.505. The minimum absolute atomic E-state index is 0.0927. The number of nitro benzene ring substituents is 1. The predicted molar refractivity (Wildman–Crippen MR) is 80.1 cm³/mol. The first-order valence-electron chi connectivity index (χ1n) is 5.48. The van der Waals surface area contributed by atoms with Gasteiger partial charge in [0.05, 0.1) is 9.95 Å². The van der Waals surface area contributed by atoms with Gasteiger partial charge in [0.1, 0.15) is 5.69 Å². The Morgan fingerprint density at radius 1 is 1.58 bits per heavy atom. The minimum atomic E-state index is -0.534. The van der Waals surface area contributed by atoms with E-state index in [2.05, 4.69) is 28.6 Å². The molecule has 0 spiro atoms. The Kier molecular flexibility index (Phi) is 4.37. The molecule has 1 heterocycles. The summed E-state index contributed by atoms with van der Waals surface area (Å²) >= 11 is 13.4. The van der Waals surface area contributed by atoms with E-state index in [9.17, 15) is 14.9 Å². The van der Waals surface area contributed by atoms with Crippen molar-refractivity contribution in [3.63, 3.8) is 0 Å². The molecule has 5 nitrogen and oxygen atoms in total. The molecular formula is C11H10BrClN2O3S. The zero-order chi connectivity index (χ0) is 14.2. The number of thiol groups is 1. The van der Waals surface area contributed by atoms with E-state index in [0.29, 0.717) is 23.2 Å². The highest BCUT2D eigenvalue weighted by Gasteiger charge is 2.35. The molecule has 1 atom stereocenters. The Morgan fingerprint density at radius 3 is 2.79 bits per heavy atom. The Balaban J connectivity index is 2.50. The first kappa shape index (κ1) is 14.6. The van der Waals surface area contributed by atoms with Gasteiger partial charge in [0.15, 0.2) is 0 Å². The van der Waals surface area contributed by atoms with Gasteiger partial charge < -0.3 is 4.90 Å². The van der Waals surface area contributed by atoms with Crippen LogP contribution in [-0.2, 0) is 4.79 Å². The Bertz CT molecular complexity index is 555. The molecule has 1 amide bonds. The minimum Gasteiger partial charge on any atom is -0.305 e. The molecule has 102 valence electrons. The molecule has 19 heavy (non-hydrogen) atoms. The van der Waals surface area contributed by atoms with Gasteiger partial charge in [-0.3, -0.25) is 14.9 Å². The van der Waals surface area contributed by atoms with Gasteiger partial charge in [0, 0.05) is 23.5 Å². The van der Waals surface area contributed by atoms with Crippen LogP contribution >= 0.6 is 40.2 Å². The molecule has 1 aromatic carbocycles. The highest BCUT2D eigenvalue weighted by atomic mass is 79.9. The van der Waals surface area contributed by atoms with Gasteiger partial charge >= 0.3 is 0 Å². The number of nitro groups is 1. The van der Waals surface area contributed by atoms with Gasteiger partial charge in [0.2, 0.25) is 5.91 Å². The predicted octanol–water partition coefficient (Wildman–Crippen LogP) is 3.29. The highest BCUT2D eigenvalue weighted by molar-refractivity contribution is 9.10. The molecule has 1 unspecified atom stereocenters. The molecule has 0 N–H and O–H groups in total. The summed E-state index contributed by atoms with van der Waals surface area (Å²) in [7, 11) is 0. The number of benzene rings is 1. The summed E-state index contributed by atoms with van der Waals surface area (Å²) in [4.78, 5) is 23.9. The molecule has 0 aliphatic carbocycles. The van der Waals surface area contributed by atoms with Crippen LogP contribution in [0.25, 0.3) is 0 Å². The van der Waals surface area contributed by atoms with Crippen LogP contribution in [0, 0.1) is 16.0 Å². The molecule has 0 saturated carbocycles. The van der Waals surface area contributed by atoms with Crippen LogP contribution in [0.5, 0.6) is 0 Å². The van der Waals surface area contributed by atoms with E-state index >= 15 is 0 Å². The van der Waals surface area contributed by atoms with Crippen molar-refractivity contribution in [3.8, 4) is 0 Å². The van der Waals surface area contributed by atoms with Gasteiger partial charge in [-0.1, -0.05) is 27.5 Å². The fraction of sp³-hybridized carbons (Fsp3) is 0.364. The number of nitrogens with zero attached hydrogens (tertiary/aromatic N) is 2. The molecular weight excluding hydrogens is 356 g/mol. The van der Waals surface area contributed by atoms with E-state index in [1.165, 1.54) is 11.0 Å². The molecule has 0 aromatic heterocycles. The largest absolute Gasteiger partial charge is 0.305 e. The summed E-state index contributed by atoms with van der Waals surface area (Å²) in [5, 5.41) is 11.3. The van der Waals surface area contributed by atoms with E-state index in [1.54, 1.807) is 6.07 Å². The Labute approximate surface area is 128 Å². The van der Waals surface area contributed by atoms with E-state index in [-0.39, 0.29) is 28.2 Å². The molecule has 0 bridgehead atoms. The zero-order valence-electron chi connectivity index (χ0n) is 9.68. The third-order valence-corrected chi connectivity index (χ3v) is 4.20. The number of carbonyl (C=O) groups excluding carboxylic acids is 1. The van der Waals surface area contributed by atoms with E-state index in [1.807, 2.05) is 0 Å². The average molecular weight is 366 g/mol. The van der Waals surface area contributed by atoms with Gasteiger partial charge in [0.25, 0.3) is 5.69 Å². The number of halogens is 2. The third kappa shape index (κ3) is 2.88. The lowest BCUT2D eigenvalue weighted by Crippen LogP contribution is -2.26. The third-order valence-electron chi connectivity index (χ3n) is 2.94. The van der Waals surface area contributed by atoms with Crippen molar-refractivity contribution in [3.05, 3.63) is 31.7 Å². The van der Waals surface area contributed by atoms with Crippen LogP contribution in [0.3, 0.4) is 0 Å². The molecule has 8 heteroatoms. The normalized spacial score (nSPS) is 19.0. The van der Waals surface area contributed by atoms with Gasteiger partial charge in [-0.2, -0.15) is 12.6 Å². The van der Waals surface area contributed by atoms with E-state index in [4.69, 9.17) is 11.6 Å². The summed E-state index contributed by atoms with van der Waals surface area (Å²) in [6.45, 7) is 0.407. The molecule has 1 saturated heterocycles. The Hall–Kier alpha value is -0.790. The topological polar surface area (TPSA) is 63.5 Å².